The number of halogens is 1. The Labute approximate surface area is 152 Å². The number of benzene rings is 1. The molecule has 0 radical (unpaired) electrons. The zero-order valence-electron chi connectivity index (χ0n) is 13.6. The van der Waals surface area contributed by atoms with Crippen LogP contribution in [0.3, 0.4) is 0 Å². The van der Waals surface area contributed by atoms with Crippen molar-refractivity contribution in [2.75, 3.05) is 0 Å². The minimum absolute atomic E-state index is 0.0133. The quantitative estimate of drug-likeness (QED) is 0.817. The molecule has 0 amide bonds. The first-order valence-electron chi connectivity index (χ1n) is 8.40. The number of fused-ring (bicyclic) bond motifs is 2. The number of nitrogens with zero attached hydrogens (tertiary/aromatic N) is 2. The van der Waals surface area contributed by atoms with Crippen LogP contribution in [0.25, 0.3) is 0 Å². The second kappa shape index (κ2) is 6.59. The molecule has 1 aromatic carbocycles. The molecule has 0 unspecified atom stereocenters. The fraction of sp³-hybridized carbons (Fsp3) is 0.389. The Morgan fingerprint density at radius 2 is 1.80 bits per heavy atom. The molecule has 3 heterocycles. The van der Waals surface area contributed by atoms with Gasteiger partial charge in [0.2, 0.25) is 10.0 Å². The van der Waals surface area contributed by atoms with Crippen molar-refractivity contribution in [1.82, 2.24) is 9.29 Å². The maximum Gasteiger partial charge on any atom is 0.245 e. The highest BCUT2D eigenvalue weighted by Crippen LogP contribution is 2.41. The molecule has 2 atom stereocenters. The first-order chi connectivity index (χ1) is 12.1. The predicted molar refractivity (Wildman–Crippen MR) is 95.2 cm³/mol. The summed E-state index contributed by atoms with van der Waals surface area (Å²) in [4.78, 5) is 4.26. The van der Waals surface area contributed by atoms with Gasteiger partial charge in [0, 0.05) is 31.1 Å². The van der Waals surface area contributed by atoms with Crippen LogP contribution >= 0.6 is 11.6 Å². The van der Waals surface area contributed by atoms with Gasteiger partial charge in [-0.15, -0.1) is 0 Å². The van der Waals surface area contributed by atoms with Crippen molar-refractivity contribution < 1.29 is 13.2 Å². The molecular formula is C18H19ClN2O3S. The molecule has 0 spiro atoms. The molecule has 0 aliphatic carbocycles. The lowest BCUT2D eigenvalue weighted by atomic mass is 10.0. The molecule has 2 bridgehead atoms. The number of ether oxygens (including phenoxy) is 1. The van der Waals surface area contributed by atoms with Crippen molar-refractivity contribution in [3.8, 4) is 5.75 Å². The highest BCUT2D eigenvalue weighted by Gasteiger charge is 2.48. The van der Waals surface area contributed by atoms with Gasteiger partial charge < -0.3 is 4.74 Å². The minimum atomic E-state index is -3.59. The van der Waals surface area contributed by atoms with Crippen molar-refractivity contribution in [2.45, 2.75) is 48.8 Å². The van der Waals surface area contributed by atoms with Crippen molar-refractivity contribution in [3.05, 3.63) is 53.8 Å². The second-order valence-corrected chi connectivity index (χ2v) is 8.77. The lowest BCUT2D eigenvalue weighted by Gasteiger charge is -2.37. The van der Waals surface area contributed by atoms with Crippen LogP contribution in [0.2, 0.25) is 5.02 Å². The van der Waals surface area contributed by atoms with Gasteiger partial charge in [-0.05, 0) is 37.1 Å². The standard InChI is InChI=1S/C18H19ClN2O3S/c19-17-5-1-2-6-18(17)25(22,23)21-13-7-8-14(21)11-16(10-13)24-15-4-3-9-20-12-15/h1-6,9,12-14,16H,7-8,10-11H2/t13-,14-/m0/s1. The summed E-state index contributed by atoms with van der Waals surface area (Å²) in [5.41, 5.74) is 0. The van der Waals surface area contributed by atoms with Gasteiger partial charge in [-0.2, -0.15) is 4.31 Å². The number of sulfonamides is 1. The second-order valence-electron chi connectivity index (χ2n) is 6.55. The number of rotatable bonds is 4. The number of piperidine rings is 1. The summed E-state index contributed by atoms with van der Waals surface area (Å²) in [6.45, 7) is 0. The highest BCUT2D eigenvalue weighted by molar-refractivity contribution is 7.89. The molecule has 0 N–H and O–H groups in total. The fourth-order valence-corrected chi connectivity index (χ4v) is 6.34. The smallest absolute Gasteiger partial charge is 0.245 e. The van der Waals surface area contributed by atoms with E-state index >= 15 is 0 Å². The average molecular weight is 379 g/mol. The Hall–Kier alpha value is -1.63. The van der Waals surface area contributed by atoms with E-state index < -0.39 is 10.0 Å². The Balaban J connectivity index is 1.56. The summed E-state index contributed by atoms with van der Waals surface area (Å²) >= 11 is 6.14. The van der Waals surface area contributed by atoms with Crippen LogP contribution in [0, 0.1) is 0 Å². The molecule has 2 aromatic rings. The lowest BCUT2D eigenvalue weighted by molar-refractivity contribution is 0.0953. The van der Waals surface area contributed by atoms with Gasteiger partial charge in [-0.3, -0.25) is 4.98 Å². The normalized spacial score (nSPS) is 26.5. The number of hydrogen-bond donors (Lipinski definition) is 0. The molecule has 2 saturated heterocycles. The zero-order chi connectivity index (χ0) is 17.4. The van der Waals surface area contributed by atoms with E-state index in [1.165, 1.54) is 0 Å². The lowest BCUT2D eigenvalue weighted by Crippen LogP contribution is -2.49. The van der Waals surface area contributed by atoms with Crippen LogP contribution in [0.5, 0.6) is 5.75 Å². The van der Waals surface area contributed by atoms with E-state index in [4.69, 9.17) is 16.3 Å². The van der Waals surface area contributed by atoms with Crippen LogP contribution < -0.4 is 4.74 Å². The molecule has 4 rings (SSSR count). The van der Waals surface area contributed by atoms with Crippen molar-refractivity contribution in [3.63, 3.8) is 0 Å². The molecule has 2 aliphatic heterocycles. The van der Waals surface area contributed by atoms with Crippen LogP contribution in [0.1, 0.15) is 25.7 Å². The predicted octanol–water partition coefficient (Wildman–Crippen LogP) is 3.50. The van der Waals surface area contributed by atoms with E-state index in [-0.39, 0.29) is 28.1 Å². The van der Waals surface area contributed by atoms with Gasteiger partial charge in [-0.25, -0.2) is 8.42 Å². The maximum atomic E-state index is 13.1. The Kier molecular flexibility index (Phi) is 4.43. The summed E-state index contributed by atoms with van der Waals surface area (Å²) in [5, 5.41) is 0.274. The molecule has 1 aromatic heterocycles. The largest absolute Gasteiger partial charge is 0.489 e. The highest BCUT2D eigenvalue weighted by atomic mass is 35.5. The summed E-state index contributed by atoms with van der Waals surface area (Å²) in [6, 6.07) is 10.3. The molecule has 7 heteroatoms. The number of hydrogen-bond acceptors (Lipinski definition) is 4. The monoisotopic (exact) mass is 378 g/mol. The van der Waals surface area contributed by atoms with Crippen LogP contribution in [-0.2, 0) is 10.0 Å². The molecule has 5 nitrogen and oxygen atoms in total. The maximum absolute atomic E-state index is 13.1. The van der Waals surface area contributed by atoms with Gasteiger partial charge >= 0.3 is 0 Å². The van der Waals surface area contributed by atoms with Crippen molar-refractivity contribution in [1.29, 1.82) is 0 Å². The fourth-order valence-electron chi connectivity index (χ4n) is 3.95. The summed E-state index contributed by atoms with van der Waals surface area (Å²) in [5.74, 6) is 0.731. The van der Waals surface area contributed by atoms with Crippen LogP contribution in [-0.4, -0.2) is 35.9 Å². The van der Waals surface area contributed by atoms with E-state index in [0.29, 0.717) is 12.8 Å². The van der Waals surface area contributed by atoms with Gasteiger partial charge in [0.05, 0.1) is 11.2 Å². The van der Waals surface area contributed by atoms with E-state index in [0.717, 1.165) is 18.6 Å². The van der Waals surface area contributed by atoms with E-state index in [1.54, 1.807) is 41.0 Å². The third kappa shape index (κ3) is 3.14. The first kappa shape index (κ1) is 16.8. The van der Waals surface area contributed by atoms with Gasteiger partial charge in [0.25, 0.3) is 0 Å². The average Bonchev–Trinajstić information content (AvgIpc) is 2.89. The Bertz CT molecular complexity index is 846. The topological polar surface area (TPSA) is 59.5 Å². The van der Waals surface area contributed by atoms with E-state index in [1.807, 2.05) is 12.1 Å². The molecule has 2 aliphatic rings. The molecule has 2 fully saturated rings. The van der Waals surface area contributed by atoms with Crippen LogP contribution in [0.4, 0.5) is 0 Å². The van der Waals surface area contributed by atoms with Gasteiger partial charge in [0.15, 0.2) is 0 Å². The zero-order valence-corrected chi connectivity index (χ0v) is 15.2. The number of pyridine rings is 1. The van der Waals surface area contributed by atoms with Crippen molar-refractivity contribution >= 4 is 21.6 Å². The minimum Gasteiger partial charge on any atom is -0.489 e. The van der Waals surface area contributed by atoms with Gasteiger partial charge in [-0.1, -0.05) is 23.7 Å². The summed E-state index contributed by atoms with van der Waals surface area (Å²) in [6.07, 6.45) is 6.51. The first-order valence-corrected chi connectivity index (χ1v) is 10.2. The summed E-state index contributed by atoms with van der Waals surface area (Å²) in [7, 11) is -3.59. The number of aromatic nitrogens is 1. The SMILES string of the molecule is O=S(=O)(c1ccccc1Cl)N1[C@H]2CC[C@H]1CC(Oc1cccnc1)C2. The Morgan fingerprint density at radius 1 is 1.08 bits per heavy atom. The third-order valence-corrected chi connectivity index (χ3v) is 7.46. The molecule has 0 saturated carbocycles. The van der Waals surface area contributed by atoms with Gasteiger partial charge in [0.1, 0.15) is 16.7 Å². The van der Waals surface area contributed by atoms with Crippen molar-refractivity contribution in [2.24, 2.45) is 0 Å². The molecular weight excluding hydrogens is 360 g/mol. The van der Waals surface area contributed by atoms with E-state index in [9.17, 15) is 8.42 Å². The molecule has 132 valence electrons. The van der Waals surface area contributed by atoms with Crippen LogP contribution in [0.15, 0.2) is 53.7 Å². The summed E-state index contributed by atoms with van der Waals surface area (Å²) < 4.78 is 33.9. The Morgan fingerprint density at radius 3 is 2.44 bits per heavy atom. The van der Waals surface area contributed by atoms with E-state index in [2.05, 4.69) is 4.98 Å². The molecule has 25 heavy (non-hydrogen) atoms. The third-order valence-electron chi connectivity index (χ3n) is 4.95.